The molecule has 1 N–H and O–H groups in total. The molecular formula is C22H39BrN2O. The van der Waals surface area contributed by atoms with Gasteiger partial charge in [0.25, 0.3) is 5.56 Å². The monoisotopic (exact) mass is 426 g/mol. The highest BCUT2D eigenvalue weighted by Gasteiger charge is 2.45. The molecule has 0 aromatic carbocycles. The van der Waals surface area contributed by atoms with E-state index in [0.717, 1.165) is 31.4 Å². The lowest BCUT2D eigenvalue weighted by molar-refractivity contribution is 0.173. The summed E-state index contributed by atoms with van der Waals surface area (Å²) >= 11 is 4.13. The van der Waals surface area contributed by atoms with Crippen LogP contribution in [0.4, 0.5) is 0 Å². The minimum Gasteiger partial charge on any atom is -0.268 e. The number of unbranched alkanes of at least 4 members (excludes halogenated alkanes) is 1. The molecule has 0 spiro atoms. The lowest BCUT2D eigenvalue weighted by Crippen LogP contribution is -2.43. The molecular weight excluding hydrogens is 388 g/mol. The van der Waals surface area contributed by atoms with Crippen LogP contribution in [0.3, 0.4) is 0 Å². The van der Waals surface area contributed by atoms with Crippen LogP contribution in [-0.4, -0.2) is 14.5 Å². The molecule has 0 aliphatic heterocycles. The van der Waals surface area contributed by atoms with E-state index in [1.807, 2.05) is 6.07 Å². The van der Waals surface area contributed by atoms with Crippen LogP contribution in [0.1, 0.15) is 105 Å². The molecule has 26 heavy (non-hydrogen) atoms. The van der Waals surface area contributed by atoms with E-state index < -0.39 is 0 Å². The third kappa shape index (κ3) is 5.94. The smallest absolute Gasteiger partial charge is 0.264 e. The first kappa shape index (κ1) is 23.4. The highest BCUT2D eigenvalue weighted by atomic mass is 79.9. The van der Waals surface area contributed by atoms with Crippen molar-refractivity contribution in [3.8, 4) is 0 Å². The minimum absolute atomic E-state index is 0.0135. The van der Waals surface area contributed by atoms with Crippen molar-refractivity contribution in [3.05, 3.63) is 28.2 Å². The first-order valence-corrected chi connectivity index (χ1v) is 11.5. The summed E-state index contributed by atoms with van der Waals surface area (Å²) in [6.07, 6.45) is 11.6. The van der Waals surface area contributed by atoms with E-state index in [0.29, 0.717) is 5.92 Å². The number of nitrogens with one attached hydrogen (secondary N) is 1. The molecule has 150 valence electrons. The predicted octanol–water partition coefficient (Wildman–Crippen LogP) is 6.76. The van der Waals surface area contributed by atoms with Crippen molar-refractivity contribution in [2.45, 2.75) is 109 Å². The van der Waals surface area contributed by atoms with Gasteiger partial charge in [0, 0.05) is 15.8 Å². The summed E-state index contributed by atoms with van der Waals surface area (Å²) in [7, 11) is 0. The molecule has 1 rings (SSSR count). The zero-order valence-corrected chi connectivity index (χ0v) is 19.1. The Labute approximate surface area is 168 Å². The molecule has 1 aromatic rings. The number of rotatable bonds is 13. The second-order valence-corrected chi connectivity index (χ2v) is 9.57. The number of hydrogen-bond acceptors (Lipinski definition) is 2. The Morgan fingerprint density at radius 1 is 1.08 bits per heavy atom. The van der Waals surface area contributed by atoms with Gasteiger partial charge in [-0.05, 0) is 44.1 Å². The molecule has 1 aromatic heterocycles. The first-order valence-electron chi connectivity index (χ1n) is 10.7. The summed E-state index contributed by atoms with van der Waals surface area (Å²) in [5.41, 5.74) is 0.981. The zero-order valence-electron chi connectivity index (χ0n) is 17.5. The molecule has 0 saturated carbocycles. The Morgan fingerprint density at radius 3 is 2.27 bits per heavy atom. The molecule has 0 amide bonds. The van der Waals surface area contributed by atoms with E-state index in [4.69, 9.17) is 0 Å². The van der Waals surface area contributed by atoms with Crippen LogP contribution in [-0.2, 0) is 5.41 Å². The first-order chi connectivity index (χ1) is 12.4. The van der Waals surface area contributed by atoms with Gasteiger partial charge in [-0.25, -0.2) is 5.10 Å². The average Bonchev–Trinajstić information content (AvgIpc) is 2.64. The number of aromatic nitrogens is 2. The number of hydrogen-bond donors (Lipinski definition) is 1. The second kappa shape index (κ2) is 11.3. The second-order valence-electron chi connectivity index (χ2n) is 7.89. The van der Waals surface area contributed by atoms with E-state index >= 15 is 0 Å². The fourth-order valence-electron chi connectivity index (χ4n) is 4.60. The third-order valence-electron chi connectivity index (χ3n) is 6.04. The number of aromatic amines is 1. The van der Waals surface area contributed by atoms with Gasteiger partial charge in [0.1, 0.15) is 0 Å². The maximum atomic E-state index is 11.6. The number of nitrogens with zero attached hydrogens (tertiary/aromatic N) is 1. The van der Waals surface area contributed by atoms with Gasteiger partial charge in [-0.2, -0.15) is 5.10 Å². The molecule has 3 nitrogen and oxygen atoms in total. The summed E-state index contributed by atoms with van der Waals surface area (Å²) < 4.78 is 0.133. The van der Waals surface area contributed by atoms with Crippen molar-refractivity contribution in [2.75, 3.05) is 0 Å². The topological polar surface area (TPSA) is 45.8 Å². The van der Waals surface area contributed by atoms with Crippen molar-refractivity contribution >= 4 is 15.9 Å². The molecule has 4 heteroatoms. The predicted molar refractivity (Wildman–Crippen MR) is 116 cm³/mol. The van der Waals surface area contributed by atoms with Gasteiger partial charge in [-0.15, -0.1) is 0 Å². The normalized spacial score (nSPS) is 17.5. The fraction of sp³-hybridized carbons (Fsp3) is 0.818. The van der Waals surface area contributed by atoms with E-state index in [1.165, 1.54) is 38.5 Å². The molecule has 3 atom stereocenters. The molecule has 0 aliphatic carbocycles. The molecule has 1 heterocycles. The summed E-state index contributed by atoms with van der Waals surface area (Å²) in [6, 6.07) is 3.64. The molecule has 3 unspecified atom stereocenters. The highest BCUT2D eigenvalue weighted by molar-refractivity contribution is 9.10. The summed E-state index contributed by atoms with van der Waals surface area (Å²) in [6.45, 7) is 11.4. The summed E-state index contributed by atoms with van der Waals surface area (Å²) in [5, 5.41) is 7.29. The maximum absolute atomic E-state index is 11.6. The molecule has 0 saturated heterocycles. The Hall–Kier alpha value is -0.640. The van der Waals surface area contributed by atoms with Crippen LogP contribution in [0.15, 0.2) is 16.9 Å². The standard InChI is InChI=1S/C22H39BrN2O/c1-6-11-16-22(18(9-4)12-7-2,17-21(23,10-5)15-8-3)19-13-14-20(26)25-24-19/h13-14,18H,6-12,15-17H2,1-5H3,(H,25,26). The fourth-order valence-corrected chi connectivity index (χ4v) is 5.50. The molecule has 0 radical (unpaired) electrons. The lowest BCUT2D eigenvalue weighted by atomic mass is 9.62. The van der Waals surface area contributed by atoms with Crippen molar-refractivity contribution in [2.24, 2.45) is 5.92 Å². The van der Waals surface area contributed by atoms with Crippen molar-refractivity contribution in [1.82, 2.24) is 10.2 Å². The van der Waals surface area contributed by atoms with Gasteiger partial charge < -0.3 is 0 Å². The minimum atomic E-state index is -0.115. The molecule has 0 bridgehead atoms. The van der Waals surface area contributed by atoms with Gasteiger partial charge in [0.05, 0.1) is 5.69 Å². The molecule has 0 aliphatic rings. The van der Waals surface area contributed by atoms with Crippen LogP contribution in [0.5, 0.6) is 0 Å². The SMILES string of the molecule is CCCCC(CC(Br)(CC)CCC)(c1ccc(=O)[nH]n1)C(CC)CCC. The Bertz CT molecular complexity index is 553. The highest BCUT2D eigenvalue weighted by Crippen LogP contribution is 2.50. The number of H-pyrrole nitrogens is 1. The van der Waals surface area contributed by atoms with E-state index in [2.05, 4.69) is 60.7 Å². The van der Waals surface area contributed by atoms with Gasteiger partial charge in [-0.3, -0.25) is 4.79 Å². The Balaban J connectivity index is 3.50. The number of alkyl halides is 1. The van der Waals surface area contributed by atoms with Crippen LogP contribution in [0.25, 0.3) is 0 Å². The maximum Gasteiger partial charge on any atom is 0.264 e. The lowest BCUT2D eigenvalue weighted by Gasteiger charge is -2.45. The van der Waals surface area contributed by atoms with Crippen molar-refractivity contribution < 1.29 is 0 Å². The van der Waals surface area contributed by atoms with Crippen molar-refractivity contribution in [3.63, 3.8) is 0 Å². The Morgan fingerprint density at radius 2 is 1.81 bits per heavy atom. The van der Waals surface area contributed by atoms with Crippen LogP contribution in [0.2, 0.25) is 0 Å². The molecule has 0 fully saturated rings. The Kier molecular flexibility index (Phi) is 10.1. The number of halogens is 1. The van der Waals surface area contributed by atoms with E-state index in [9.17, 15) is 4.79 Å². The van der Waals surface area contributed by atoms with E-state index in [1.54, 1.807) is 6.07 Å². The van der Waals surface area contributed by atoms with E-state index in [-0.39, 0.29) is 15.3 Å². The van der Waals surface area contributed by atoms with Gasteiger partial charge in [0.15, 0.2) is 0 Å². The zero-order chi connectivity index (χ0) is 19.6. The summed E-state index contributed by atoms with van der Waals surface area (Å²) in [5.74, 6) is 0.581. The van der Waals surface area contributed by atoms with Crippen LogP contribution < -0.4 is 5.56 Å². The van der Waals surface area contributed by atoms with Crippen molar-refractivity contribution in [1.29, 1.82) is 0 Å². The van der Waals surface area contributed by atoms with Gasteiger partial charge >= 0.3 is 0 Å². The van der Waals surface area contributed by atoms with Gasteiger partial charge in [-0.1, -0.05) is 82.7 Å². The van der Waals surface area contributed by atoms with Crippen LogP contribution >= 0.6 is 15.9 Å². The third-order valence-corrected chi connectivity index (χ3v) is 7.28. The quantitative estimate of drug-likeness (QED) is 0.354. The van der Waals surface area contributed by atoms with Gasteiger partial charge in [0.2, 0.25) is 0 Å². The largest absolute Gasteiger partial charge is 0.268 e. The van der Waals surface area contributed by atoms with Crippen LogP contribution in [0, 0.1) is 5.92 Å². The summed E-state index contributed by atoms with van der Waals surface area (Å²) in [4.78, 5) is 11.6. The average molecular weight is 427 g/mol.